The topological polar surface area (TPSA) is 183 Å². The summed E-state index contributed by atoms with van der Waals surface area (Å²) in [5.74, 6) is -3.37. The molecule has 0 bridgehead atoms. The lowest BCUT2D eigenvalue weighted by atomic mass is 9.75. The third-order valence-electron chi connectivity index (χ3n) is 4.27. The zero-order valence-corrected chi connectivity index (χ0v) is 15.7. The second-order valence-corrected chi connectivity index (χ2v) is 6.39. The van der Waals surface area contributed by atoms with Gasteiger partial charge in [-0.25, -0.2) is 4.79 Å². The van der Waals surface area contributed by atoms with Crippen LogP contribution in [-0.4, -0.2) is 52.4 Å². The summed E-state index contributed by atoms with van der Waals surface area (Å²) in [6.07, 6.45) is -0.273. The van der Waals surface area contributed by atoms with Gasteiger partial charge in [0.15, 0.2) is 0 Å². The molecule has 0 aliphatic rings. The molecule has 0 aliphatic carbocycles. The van der Waals surface area contributed by atoms with Gasteiger partial charge in [-0.3, -0.25) is 15.0 Å². The van der Waals surface area contributed by atoms with Gasteiger partial charge in [-0.05, 0) is 23.6 Å². The fraction of sp³-hybridized carbons (Fsp3) is 0.158. The molecule has 10 nitrogen and oxygen atoms in total. The Labute approximate surface area is 171 Å². The number of amides is 1. The number of carbonyl (C=O) groups is 3. The molecule has 0 spiro atoms. The molecule has 156 valence electrons. The number of hydrogen-bond acceptors (Lipinski definition) is 7. The number of benzene rings is 2. The highest BCUT2D eigenvalue weighted by molar-refractivity contribution is 6.43. The molecule has 11 heteroatoms. The molecule has 7 N–H and O–H groups in total. The first kappa shape index (κ1) is 22.6. The summed E-state index contributed by atoms with van der Waals surface area (Å²) in [6, 6.07) is 10.5. The molecule has 30 heavy (non-hydrogen) atoms. The third kappa shape index (κ3) is 5.90. The van der Waals surface area contributed by atoms with Crippen LogP contribution in [-0.2, 0) is 22.4 Å². The normalized spacial score (nSPS) is 11.3. The first-order valence-electron chi connectivity index (χ1n) is 8.77. The molecule has 0 fully saturated rings. The lowest BCUT2D eigenvalue weighted by Gasteiger charge is -2.19. The van der Waals surface area contributed by atoms with Crippen molar-refractivity contribution in [2.24, 2.45) is 5.73 Å². The number of nitrogens with two attached hydrogens (primary N) is 1. The van der Waals surface area contributed by atoms with Crippen molar-refractivity contribution in [3.8, 4) is 5.75 Å². The summed E-state index contributed by atoms with van der Waals surface area (Å²) >= 11 is 0. The number of carboxylic acids is 1. The van der Waals surface area contributed by atoms with E-state index < -0.39 is 24.9 Å². The summed E-state index contributed by atoms with van der Waals surface area (Å²) in [4.78, 5) is 34.4. The molecule has 0 aliphatic heterocycles. The summed E-state index contributed by atoms with van der Waals surface area (Å²) in [6.45, 7) is 0.0684. The molecule has 1 amide bonds. The van der Waals surface area contributed by atoms with Crippen LogP contribution in [0.2, 0.25) is 0 Å². The van der Waals surface area contributed by atoms with E-state index >= 15 is 0 Å². The lowest BCUT2D eigenvalue weighted by Crippen LogP contribution is -2.48. The minimum Gasteiger partial charge on any atom is -0.478 e. The smallest absolute Gasteiger partial charge is 0.475 e. The van der Waals surface area contributed by atoms with Gasteiger partial charge < -0.3 is 30.9 Å². The van der Waals surface area contributed by atoms with E-state index in [1.165, 1.54) is 18.2 Å². The van der Waals surface area contributed by atoms with E-state index in [2.05, 4.69) is 5.32 Å². The standard InChI is InChI=1S/C19H20BN3O7/c21-18(22)12-6-4-11(5-7-12)8-16(25)23-15(20(28)29)9-13-2-1-3-14(19(26)27)17(13)30-10-24/h1-7,10,15,28-29H,8-9H2,(H3,21,22)(H,23,25)(H,26,27). The Morgan fingerprint density at radius 1 is 1.20 bits per heavy atom. The number of carbonyl (C=O) groups excluding carboxylic acids is 2. The number of nitrogen functional groups attached to an aromatic ring is 1. The van der Waals surface area contributed by atoms with E-state index in [0.717, 1.165) is 0 Å². The highest BCUT2D eigenvalue weighted by Gasteiger charge is 2.28. The Morgan fingerprint density at radius 2 is 1.87 bits per heavy atom. The van der Waals surface area contributed by atoms with Crippen LogP contribution < -0.4 is 15.8 Å². The van der Waals surface area contributed by atoms with Gasteiger partial charge in [-0.1, -0.05) is 36.4 Å². The molecule has 0 saturated carbocycles. The lowest BCUT2D eigenvalue weighted by molar-refractivity contribution is -0.121. The summed E-state index contributed by atoms with van der Waals surface area (Å²) in [5, 5.41) is 38.4. The van der Waals surface area contributed by atoms with Crippen molar-refractivity contribution in [3.05, 3.63) is 64.7 Å². The van der Waals surface area contributed by atoms with E-state index in [9.17, 15) is 29.5 Å². The van der Waals surface area contributed by atoms with Gasteiger partial charge in [0.1, 0.15) is 17.1 Å². The number of aromatic carboxylic acids is 1. The second-order valence-electron chi connectivity index (χ2n) is 6.39. The highest BCUT2D eigenvalue weighted by atomic mass is 16.5. The highest BCUT2D eigenvalue weighted by Crippen LogP contribution is 2.25. The monoisotopic (exact) mass is 413 g/mol. The van der Waals surface area contributed by atoms with E-state index in [1.807, 2.05) is 0 Å². The number of nitrogens with one attached hydrogen (secondary N) is 2. The molecular weight excluding hydrogens is 393 g/mol. The number of amidine groups is 1. The maximum Gasteiger partial charge on any atom is 0.475 e. The molecule has 2 aromatic rings. The van der Waals surface area contributed by atoms with Crippen molar-refractivity contribution in [1.29, 1.82) is 5.41 Å². The number of para-hydroxylation sites is 1. The zero-order valence-electron chi connectivity index (χ0n) is 15.7. The molecule has 0 radical (unpaired) electrons. The van der Waals surface area contributed by atoms with Crippen molar-refractivity contribution in [1.82, 2.24) is 5.32 Å². The van der Waals surface area contributed by atoms with Crippen molar-refractivity contribution in [3.63, 3.8) is 0 Å². The minimum absolute atomic E-state index is 0.0684. The van der Waals surface area contributed by atoms with Crippen molar-refractivity contribution in [2.45, 2.75) is 18.8 Å². The van der Waals surface area contributed by atoms with Crippen molar-refractivity contribution < 1.29 is 34.3 Å². The molecule has 0 heterocycles. The van der Waals surface area contributed by atoms with Crippen LogP contribution in [0.1, 0.15) is 27.0 Å². The Morgan fingerprint density at radius 3 is 2.40 bits per heavy atom. The fourth-order valence-electron chi connectivity index (χ4n) is 2.81. The van der Waals surface area contributed by atoms with Gasteiger partial charge in [-0.15, -0.1) is 0 Å². The SMILES string of the molecule is N=C(N)c1ccc(CC(=O)NC(Cc2cccc(C(=O)O)c2OC=O)B(O)O)cc1. The molecule has 2 rings (SSSR count). The van der Waals surface area contributed by atoms with Crippen LogP contribution >= 0.6 is 0 Å². The first-order chi connectivity index (χ1) is 14.2. The second kappa shape index (κ2) is 10.2. The molecule has 1 atom stereocenters. The van der Waals surface area contributed by atoms with Crippen molar-refractivity contribution in [2.75, 3.05) is 0 Å². The van der Waals surface area contributed by atoms with Gasteiger partial charge in [-0.2, -0.15) is 0 Å². The predicted octanol–water partition coefficient (Wildman–Crippen LogP) is -0.514. The Balaban J connectivity index is 2.15. The first-order valence-corrected chi connectivity index (χ1v) is 8.77. The van der Waals surface area contributed by atoms with Crippen LogP contribution in [0.25, 0.3) is 0 Å². The fourth-order valence-corrected chi connectivity index (χ4v) is 2.81. The van der Waals surface area contributed by atoms with Crippen LogP contribution in [0.3, 0.4) is 0 Å². The van der Waals surface area contributed by atoms with Gasteiger partial charge in [0.05, 0.1) is 12.4 Å². The third-order valence-corrected chi connectivity index (χ3v) is 4.27. The van der Waals surface area contributed by atoms with Crippen LogP contribution in [0, 0.1) is 5.41 Å². The predicted molar refractivity (Wildman–Crippen MR) is 107 cm³/mol. The van der Waals surface area contributed by atoms with E-state index in [0.29, 0.717) is 11.1 Å². The Bertz CT molecular complexity index is 948. The number of hydrogen-bond donors (Lipinski definition) is 6. The van der Waals surface area contributed by atoms with Crippen LogP contribution in [0.15, 0.2) is 42.5 Å². The van der Waals surface area contributed by atoms with Crippen molar-refractivity contribution >= 4 is 31.3 Å². The maximum absolute atomic E-state index is 12.3. The minimum atomic E-state index is -1.95. The summed E-state index contributed by atoms with van der Waals surface area (Å²) < 4.78 is 4.78. The summed E-state index contributed by atoms with van der Waals surface area (Å²) in [5.41, 5.74) is 6.42. The zero-order chi connectivity index (χ0) is 22.3. The van der Waals surface area contributed by atoms with E-state index in [4.69, 9.17) is 15.9 Å². The Kier molecular flexibility index (Phi) is 7.67. The molecule has 2 aromatic carbocycles. The molecule has 0 aromatic heterocycles. The van der Waals surface area contributed by atoms with Crippen LogP contribution in [0.5, 0.6) is 5.75 Å². The molecule has 0 saturated heterocycles. The average Bonchev–Trinajstić information content (AvgIpc) is 2.68. The number of carboxylic acid groups (broad SMARTS) is 1. The van der Waals surface area contributed by atoms with Gasteiger partial charge in [0.2, 0.25) is 5.91 Å². The van der Waals surface area contributed by atoms with E-state index in [-0.39, 0.29) is 42.0 Å². The largest absolute Gasteiger partial charge is 0.478 e. The number of ether oxygens (including phenoxy) is 1. The quantitative estimate of drug-likeness (QED) is 0.130. The Hall–Kier alpha value is -3.70. The van der Waals surface area contributed by atoms with Gasteiger partial charge in [0, 0.05) is 5.56 Å². The van der Waals surface area contributed by atoms with Gasteiger partial charge in [0.25, 0.3) is 6.47 Å². The van der Waals surface area contributed by atoms with E-state index in [1.54, 1.807) is 24.3 Å². The average molecular weight is 413 g/mol. The number of rotatable bonds is 10. The van der Waals surface area contributed by atoms with Gasteiger partial charge >= 0.3 is 13.1 Å². The van der Waals surface area contributed by atoms with Crippen LogP contribution in [0.4, 0.5) is 0 Å². The summed E-state index contributed by atoms with van der Waals surface area (Å²) in [7, 11) is -1.95. The molecular formula is C19H20BN3O7. The molecule has 1 unspecified atom stereocenters. The maximum atomic E-state index is 12.3.